The molecule has 1 atom stereocenters. The van der Waals surface area contributed by atoms with E-state index in [0.717, 1.165) is 22.9 Å². The first kappa shape index (κ1) is 11.9. The summed E-state index contributed by atoms with van der Waals surface area (Å²) in [4.78, 5) is 0. The highest BCUT2D eigenvalue weighted by atomic mass is 79.9. The van der Waals surface area contributed by atoms with Crippen LogP contribution < -0.4 is 0 Å². The van der Waals surface area contributed by atoms with Gasteiger partial charge in [0.1, 0.15) is 6.10 Å². The summed E-state index contributed by atoms with van der Waals surface area (Å²) in [5.41, 5.74) is 3.37. The van der Waals surface area contributed by atoms with Crippen LogP contribution in [0.4, 0.5) is 0 Å². The van der Waals surface area contributed by atoms with Crippen LogP contribution in [-0.2, 0) is 0 Å². The van der Waals surface area contributed by atoms with Gasteiger partial charge in [-0.3, -0.25) is 0 Å². The topological polar surface area (TPSA) is 20.2 Å². The van der Waals surface area contributed by atoms with Crippen LogP contribution in [0.1, 0.15) is 42.9 Å². The number of benzene rings is 1. The zero-order valence-electron chi connectivity index (χ0n) is 9.54. The van der Waals surface area contributed by atoms with E-state index in [1.807, 2.05) is 12.1 Å². The molecule has 1 aromatic rings. The highest BCUT2D eigenvalue weighted by Crippen LogP contribution is 2.31. The van der Waals surface area contributed by atoms with Gasteiger partial charge < -0.3 is 5.11 Å². The Kier molecular flexibility index (Phi) is 3.82. The van der Waals surface area contributed by atoms with Crippen molar-refractivity contribution in [2.24, 2.45) is 0 Å². The molecule has 0 spiro atoms. The molecule has 1 aromatic carbocycles. The van der Waals surface area contributed by atoms with Crippen molar-refractivity contribution in [1.82, 2.24) is 0 Å². The molecule has 2 heteroatoms. The fourth-order valence-corrected chi connectivity index (χ4v) is 2.41. The Morgan fingerprint density at radius 2 is 2.12 bits per heavy atom. The van der Waals surface area contributed by atoms with E-state index in [1.54, 1.807) is 0 Å². The van der Waals surface area contributed by atoms with Crippen LogP contribution in [-0.4, -0.2) is 5.11 Å². The molecule has 2 rings (SSSR count). The fraction of sp³-hybridized carbons (Fsp3) is 0.429. The summed E-state index contributed by atoms with van der Waals surface area (Å²) in [6.07, 6.45) is 6.41. The Morgan fingerprint density at radius 3 is 2.75 bits per heavy atom. The third-order valence-electron chi connectivity index (χ3n) is 3.18. The van der Waals surface area contributed by atoms with E-state index in [0.29, 0.717) is 0 Å². The number of rotatable bonds is 2. The van der Waals surface area contributed by atoms with E-state index in [4.69, 9.17) is 0 Å². The van der Waals surface area contributed by atoms with Gasteiger partial charge in [0.15, 0.2) is 0 Å². The van der Waals surface area contributed by atoms with Crippen molar-refractivity contribution in [1.29, 1.82) is 0 Å². The van der Waals surface area contributed by atoms with Gasteiger partial charge in [0.25, 0.3) is 0 Å². The van der Waals surface area contributed by atoms with Crippen LogP contribution in [0.5, 0.6) is 0 Å². The lowest BCUT2D eigenvalue weighted by molar-refractivity contribution is 0.208. The molecule has 0 heterocycles. The van der Waals surface area contributed by atoms with Gasteiger partial charge >= 0.3 is 0 Å². The van der Waals surface area contributed by atoms with Crippen molar-refractivity contribution in [3.8, 4) is 0 Å². The molecule has 1 N–H and O–H groups in total. The smallest absolute Gasteiger partial charge is 0.100 e. The number of aliphatic hydroxyl groups excluding tert-OH is 1. The first-order chi connectivity index (χ1) is 7.68. The summed E-state index contributed by atoms with van der Waals surface area (Å²) in [5.74, 6) is 0. The molecule has 0 bridgehead atoms. The molecule has 16 heavy (non-hydrogen) atoms. The number of hydrogen-bond acceptors (Lipinski definition) is 1. The minimum Gasteiger partial charge on any atom is -0.384 e. The predicted molar refractivity (Wildman–Crippen MR) is 70.4 cm³/mol. The molecule has 0 saturated carbocycles. The Hall–Kier alpha value is -0.600. The molecule has 1 unspecified atom stereocenters. The Morgan fingerprint density at radius 1 is 1.31 bits per heavy atom. The zero-order chi connectivity index (χ0) is 11.5. The molecule has 0 aliphatic heterocycles. The maximum atomic E-state index is 10.3. The monoisotopic (exact) mass is 280 g/mol. The molecule has 0 aromatic heterocycles. The van der Waals surface area contributed by atoms with Crippen LogP contribution in [0.25, 0.3) is 0 Å². The second-order valence-electron chi connectivity index (χ2n) is 4.44. The van der Waals surface area contributed by atoms with Gasteiger partial charge in [0.2, 0.25) is 0 Å². The minimum absolute atomic E-state index is 0.410. The van der Waals surface area contributed by atoms with E-state index in [1.165, 1.54) is 24.0 Å². The second-order valence-corrected chi connectivity index (χ2v) is 5.29. The molecule has 0 radical (unpaired) electrons. The number of allylic oxidation sites excluding steroid dienone is 1. The normalized spacial score (nSPS) is 18.1. The molecule has 1 nitrogen and oxygen atoms in total. The number of aliphatic hydroxyl groups is 1. The average molecular weight is 281 g/mol. The number of halogens is 1. The van der Waals surface area contributed by atoms with Gasteiger partial charge in [-0.2, -0.15) is 0 Å². The summed E-state index contributed by atoms with van der Waals surface area (Å²) in [7, 11) is 0. The van der Waals surface area contributed by atoms with E-state index in [-0.39, 0.29) is 0 Å². The molecule has 0 amide bonds. The van der Waals surface area contributed by atoms with Crippen molar-refractivity contribution in [2.45, 2.75) is 38.7 Å². The second kappa shape index (κ2) is 5.15. The Bertz CT molecular complexity index is 409. The molecule has 1 aliphatic carbocycles. The van der Waals surface area contributed by atoms with E-state index in [9.17, 15) is 5.11 Å². The van der Waals surface area contributed by atoms with Gasteiger partial charge in [-0.25, -0.2) is 0 Å². The standard InChI is InChI=1S/C14H17BrO/c1-10-9-12(7-8-13(10)15)14(16)11-5-3-2-4-6-11/h5,7-9,14,16H,2-4,6H2,1H3. The molecular formula is C14H17BrO. The SMILES string of the molecule is Cc1cc(C(O)C2=CCCCC2)ccc1Br. The van der Waals surface area contributed by atoms with Crippen LogP contribution >= 0.6 is 15.9 Å². The van der Waals surface area contributed by atoms with Crippen molar-refractivity contribution in [3.63, 3.8) is 0 Å². The van der Waals surface area contributed by atoms with Crippen LogP contribution in [0.2, 0.25) is 0 Å². The van der Waals surface area contributed by atoms with Crippen molar-refractivity contribution in [3.05, 3.63) is 45.4 Å². The maximum Gasteiger partial charge on any atom is 0.100 e. The van der Waals surface area contributed by atoms with E-state index < -0.39 is 6.10 Å². The van der Waals surface area contributed by atoms with Gasteiger partial charge in [0, 0.05) is 4.47 Å². The largest absolute Gasteiger partial charge is 0.384 e. The third-order valence-corrected chi connectivity index (χ3v) is 4.06. The van der Waals surface area contributed by atoms with Crippen molar-refractivity contribution >= 4 is 15.9 Å². The first-order valence-corrected chi connectivity index (χ1v) is 6.61. The Balaban J connectivity index is 2.22. The Labute approximate surface area is 105 Å². The highest BCUT2D eigenvalue weighted by Gasteiger charge is 2.15. The average Bonchev–Trinajstić information content (AvgIpc) is 2.33. The summed E-state index contributed by atoms with van der Waals surface area (Å²) in [5, 5.41) is 10.3. The summed E-state index contributed by atoms with van der Waals surface area (Å²) in [6.45, 7) is 2.05. The number of aryl methyl sites for hydroxylation is 1. The molecule has 86 valence electrons. The quantitative estimate of drug-likeness (QED) is 0.802. The lowest BCUT2D eigenvalue weighted by Gasteiger charge is -2.19. The summed E-state index contributed by atoms with van der Waals surface area (Å²) < 4.78 is 1.10. The molecule has 0 saturated heterocycles. The lowest BCUT2D eigenvalue weighted by atomic mass is 9.91. The molecule has 0 fully saturated rings. The van der Waals surface area contributed by atoms with Gasteiger partial charge in [0.05, 0.1) is 0 Å². The van der Waals surface area contributed by atoms with Gasteiger partial charge in [-0.05, 0) is 55.4 Å². The van der Waals surface area contributed by atoms with Crippen molar-refractivity contribution < 1.29 is 5.11 Å². The van der Waals surface area contributed by atoms with Crippen LogP contribution in [0, 0.1) is 6.92 Å². The van der Waals surface area contributed by atoms with Crippen molar-refractivity contribution in [2.75, 3.05) is 0 Å². The maximum absolute atomic E-state index is 10.3. The molecular weight excluding hydrogens is 264 g/mol. The zero-order valence-corrected chi connectivity index (χ0v) is 11.1. The first-order valence-electron chi connectivity index (χ1n) is 5.81. The minimum atomic E-state index is -0.410. The molecule has 1 aliphatic rings. The third kappa shape index (κ3) is 2.55. The summed E-state index contributed by atoms with van der Waals surface area (Å²) >= 11 is 3.48. The predicted octanol–water partition coefficient (Wildman–Crippen LogP) is 4.29. The van der Waals surface area contributed by atoms with Gasteiger partial charge in [-0.1, -0.05) is 34.1 Å². The number of hydrogen-bond donors (Lipinski definition) is 1. The van der Waals surface area contributed by atoms with Gasteiger partial charge in [-0.15, -0.1) is 0 Å². The fourth-order valence-electron chi connectivity index (χ4n) is 2.16. The van der Waals surface area contributed by atoms with E-state index >= 15 is 0 Å². The summed E-state index contributed by atoms with van der Waals surface area (Å²) in [6, 6.07) is 6.07. The van der Waals surface area contributed by atoms with Crippen LogP contribution in [0.3, 0.4) is 0 Å². The van der Waals surface area contributed by atoms with E-state index in [2.05, 4.69) is 35.0 Å². The highest BCUT2D eigenvalue weighted by molar-refractivity contribution is 9.10. The van der Waals surface area contributed by atoms with Crippen LogP contribution in [0.15, 0.2) is 34.3 Å². The lowest BCUT2D eigenvalue weighted by Crippen LogP contribution is -2.05.